The van der Waals surface area contributed by atoms with E-state index in [9.17, 15) is 17.2 Å². The molecule has 2 aromatic carbocycles. The predicted octanol–water partition coefficient (Wildman–Crippen LogP) is 3.68. The largest absolute Gasteiger partial charge is 0.279 e. The van der Waals surface area contributed by atoms with Gasteiger partial charge in [-0.2, -0.15) is 0 Å². The Hall–Kier alpha value is -1.22. The van der Waals surface area contributed by atoms with Crippen LogP contribution < -0.4 is 4.72 Å². The van der Waals surface area contributed by atoms with Crippen molar-refractivity contribution in [3.8, 4) is 0 Å². The second-order valence-corrected chi connectivity index (χ2v) is 7.04. The van der Waals surface area contributed by atoms with Gasteiger partial charge in [-0.05, 0) is 65.4 Å². The summed E-state index contributed by atoms with van der Waals surface area (Å²) in [6.07, 6.45) is 0. The first-order valence-corrected chi connectivity index (χ1v) is 8.10. The summed E-state index contributed by atoms with van der Waals surface area (Å²) < 4.78 is 53.8. The molecule has 0 fully saturated rings. The summed E-state index contributed by atoms with van der Waals surface area (Å²) in [5.74, 6) is -1.95. The van der Waals surface area contributed by atoms with E-state index in [0.717, 1.165) is 15.7 Å². The van der Waals surface area contributed by atoms with Crippen LogP contribution in [0.3, 0.4) is 0 Å². The van der Waals surface area contributed by atoms with E-state index in [0.29, 0.717) is 17.3 Å². The van der Waals surface area contributed by atoms with Crippen molar-refractivity contribution in [3.63, 3.8) is 0 Å². The quantitative estimate of drug-likeness (QED) is 0.787. The Morgan fingerprint density at radius 1 is 1.10 bits per heavy atom. The van der Waals surface area contributed by atoms with Crippen LogP contribution in [0.1, 0.15) is 5.56 Å². The lowest BCUT2D eigenvalue weighted by molar-refractivity contribution is 0.551. The van der Waals surface area contributed by atoms with E-state index >= 15 is 0 Å². The minimum atomic E-state index is -4.09. The molecule has 0 atom stereocenters. The monoisotopic (exact) mass is 409 g/mol. The Morgan fingerprint density at radius 3 is 2.40 bits per heavy atom. The molecule has 3 nitrogen and oxygen atoms in total. The first kappa shape index (κ1) is 15.2. The fourth-order valence-corrected chi connectivity index (χ4v) is 3.47. The number of hydrogen-bond donors (Lipinski definition) is 1. The van der Waals surface area contributed by atoms with Gasteiger partial charge in [-0.1, -0.05) is 0 Å². The minimum Gasteiger partial charge on any atom is -0.279 e. The fourth-order valence-electron chi connectivity index (χ4n) is 1.63. The smallest absolute Gasteiger partial charge is 0.264 e. The van der Waals surface area contributed by atoms with Crippen molar-refractivity contribution < 1.29 is 17.2 Å². The molecular weight excluding hydrogens is 399 g/mol. The Labute approximate surface area is 129 Å². The number of rotatable bonds is 3. The van der Waals surface area contributed by atoms with Gasteiger partial charge in [-0.3, -0.25) is 4.72 Å². The molecule has 0 saturated carbocycles. The van der Waals surface area contributed by atoms with Gasteiger partial charge in [0.15, 0.2) is 0 Å². The maximum atomic E-state index is 13.6. The van der Waals surface area contributed by atoms with Gasteiger partial charge >= 0.3 is 0 Å². The van der Waals surface area contributed by atoms with Gasteiger partial charge in [0.1, 0.15) is 16.5 Å². The van der Waals surface area contributed by atoms with Crippen molar-refractivity contribution in [1.29, 1.82) is 0 Å². The summed E-state index contributed by atoms with van der Waals surface area (Å²) in [7, 11) is -4.09. The van der Waals surface area contributed by atoms with Crippen LogP contribution in [0, 0.1) is 22.1 Å². The summed E-state index contributed by atoms with van der Waals surface area (Å²) >= 11 is 2.10. The van der Waals surface area contributed by atoms with Crippen LogP contribution in [0.4, 0.5) is 14.5 Å². The molecule has 106 valence electrons. The lowest BCUT2D eigenvalue weighted by atomic mass is 10.2. The molecule has 0 bridgehead atoms. The lowest BCUT2D eigenvalue weighted by Gasteiger charge is -2.11. The highest BCUT2D eigenvalue weighted by Gasteiger charge is 2.20. The van der Waals surface area contributed by atoms with Gasteiger partial charge in [0.2, 0.25) is 0 Å². The molecule has 0 heterocycles. The molecule has 1 N–H and O–H groups in total. The first-order chi connectivity index (χ1) is 9.29. The molecule has 0 radical (unpaired) electrons. The topological polar surface area (TPSA) is 46.2 Å². The molecule has 0 aliphatic heterocycles. The van der Waals surface area contributed by atoms with Crippen LogP contribution in [-0.4, -0.2) is 8.42 Å². The van der Waals surface area contributed by atoms with Gasteiger partial charge in [-0.25, -0.2) is 17.2 Å². The highest BCUT2D eigenvalue weighted by molar-refractivity contribution is 14.1. The maximum Gasteiger partial charge on any atom is 0.264 e. The van der Waals surface area contributed by atoms with Gasteiger partial charge in [-0.15, -0.1) is 0 Å². The zero-order chi connectivity index (χ0) is 14.9. The summed E-state index contributed by atoms with van der Waals surface area (Å²) in [5.41, 5.74) is 1.07. The molecule has 0 saturated heterocycles. The van der Waals surface area contributed by atoms with Gasteiger partial charge in [0.05, 0.1) is 5.69 Å². The van der Waals surface area contributed by atoms with Crippen molar-refractivity contribution in [3.05, 3.63) is 57.2 Å². The average molecular weight is 409 g/mol. The molecule has 20 heavy (non-hydrogen) atoms. The SMILES string of the molecule is Cc1cc(I)ccc1NS(=O)(=O)c1ccc(F)cc1F. The second-order valence-electron chi connectivity index (χ2n) is 4.14. The number of anilines is 1. The van der Waals surface area contributed by atoms with Crippen LogP contribution in [0.2, 0.25) is 0 Å². The van der Waals surface area contributed by atoms with Crippen molar-refractivity contribution in [2.45, 2.75) is 11.8 Å². The Balaban J connectivity index is 2.41. The van der Waals surface area contributed by atoms with Crippen LogP contribution in [0.15, 0.2) is 41.3 Å². The summed E-state index contributed by atoms with van der Waals surface area (Å²) in [4.78, 5) is -0.586. The number of hydrogen-bond acceptors (Lipinski definition) is 2. The number of nitrogens with one attached hydrogen (secondary N) is 1. The van der Waals surface area contributed by atoms with Gasteiger partial charge < -0.3 is 0 Å². The summed E-state index contributed by atoms with van der Waals surface area (Å²) in [6.45, 7) is 1.74. The molecule has 0 aliphatic rings. The van der Waals surface area contributed by atoms with E-state index in [-0.39, 0.29) is 0 Å². The standard InChI is InChI=1S/C13H10F2INO2S/c1-8-6-10(16)3-4-12(8)17-20(18,19)13-5-2-9(14)7-11(13)15/h2-7,17H,1H3. The molecular formula is C13H10F2INO2S. The molecule has 0 aliphatic carbocycles. The lowest BCUT2D eigenvalue weighted by Crippen LogP contribution is -2.15. The average Bonchev–Trinajstić information content (AvgIpc) is 2.32. The van der Waals surface area contributed by atoms with Crippen LogP contribution in [-0.2, 0) is 10.0 Å². The van der Waals surface area contributed by atoms with Crippen LogP contribution in [0.5, 0.6) is 0 Å². The van der Waals surface area contributed by atoms with Crippen LogP contribution in [0.25, 0.3) is 0 Å². The predicted molar refractivity (Wildman–Crippen MR) is 81.1 cm³/mol. The summed E-state index contributed by atoms with van der Waals surface area (Å²) in [6, 6.07) is 7.45. The molecule has 2 aromatic rings. The third kappa shape index (κ3) is 3.26. The van der Waals surface area contributed by atoms with E-state index in [1.54, 1.807) is 25.1 Å². The highest BCUT2D eigenvalue weighted by atomic mass is 127. The van der Waals surface area contributed by atoms with Crippen molar-refractivity contribution >= 4 is 38.3 Å². The minimum absolute atomic E-state index is 0.356. The van der Waals surface area contributed by atoms with E-state index < -0.39 is 26.6 Å². The third-order valence-corrected chi connectivity index (χ3v) is 4.69. The van der Waals surface area contributed by atoms with Crippen molar-refractivity contribution in [2.75, 3.05) is 4.72 Å². The Bertz CT molecular complexity index is 763. The van der Waals surface area contributed by atoms with Crippen molar-refractivity contribution in [2.24, 2.45) is 0 Å². The highest BCUT2D eigenvalue weighted by Crippen LogP contribution is 2.23. The van der Waals surface area contributed by atoms with Crippen LogP contribution >= 0.6 is 22.6 Å². The van der Waals surface area contributed by atoms with Gasteiger partial charge in [0, 0.05) is 9.64 Å². The zero-order valence-corrected chi connectivity index (χ0v) is 13.3. The number of sulfonamides is 1. The molecule has 7 heteroatoms. The first-order valence-electron chi connectivity index (χ1n) is 5.53. The number of benzene rings is 2. The molecule has 2 rings (SSSR count). The van der Waals surface area contributed by atoms with E-state index in [4.69, 9.17) is 0 Å². The van der Waals surface area contributed by atoms with E-state index in [1.807, 2.05) is 0 Å². The summed E-state index contributed by atoms with van der Waals surface area (Å²) in [5, 5.41) is 0. The molecule has 0 aromatic heterocycles. The Morgan fingerprint density at radius 2 is 1.80 bits per heavy atom. The zero-order valence-electron chi connectivity index (χ0n) is 10.3. The number of halogens is 3. The van der Waals surface area contributed by atoms with E-state index in [2.05, 4.69) is 27.3 Å². The van der Waals surface area contributed by atoms with E-state index in [1.165, 1.54) is 0 Å². The second kappa shape index (κ2) is 5.65. The fraction of sp³-hybridized carbons (Fsp3) is 0.0769. The molecule has 0 amide bonds. The molecule has 0 unspecified atom stereocenters. The van der Waals surface area contributed by atoms with Crippen molar-refractivity contribution in [1.82, 2.24) is 0 Å². The van der Waals surface area contributed by atoms with Gasteiger partial charge in [0.25, 0.3) is 10.0 Å². The number of aryl methyl sites for hydroxylation is 1. The maximum absolute atomic E-state index is 13.6. The Kier molecular flexibility index (Phi) is 4.28. The normalized spacial score (nSPS) is 11.4. The third-order valence-electron chi connectivity index (χ3n) is 2.62. The molecule has 0 spiro atoms.